The van der Waals surface area contributed by atoms with Gasteiger partial charge in [-0.15, -0.1) is 0 Å². The highest BCUT2D eigenvalue weighted by Gasteiger charge is 2.19. The van der Waals surface area contributed by atoms with E-state index in [0.717, 1.165) is 11.1 Å². The molecule has 1 amide bonds. The Morgan fingerprint density at radius 2 is 2.14 bits per heavy atom. The number of amides is 1. The molecule has 3 aromatic heterocycles. The van der Waals surface area contributed by atoms with Crippen LogP contribution in [0.3, 0.4) is 0 Å². The van der Waals surface area contributed by atoms with Gasteiger partial charge in [0, 0.05) is 30.2 Å². The van der Waals surface area contributed by atoms with Crippen molar-refractivity contribution in [1.29, 1.82) is 0 Å². The molecule has 0 unspecified atom stereocenters. The third-order valence-electron chi connectivity index (χ3n) is 3.07. The molecule has 0 saturated carbocycles. The van der Waals surface area contributed by atoms with Gasteiger partial charge in [0.1, 0.15) is 10.8 Å². The Hall–Kier alpha value is -2.47. The van der Waals surface area contributed by atoms with Gasteiger partial charge < -0.3 is 5.32 Å². The van der Waals surface area contributed by atoms with Crippen molar-refractivity contribution in [3.05, 3.63) is 47.9 Å². The molecule has 3 heterocycles. The fraction of sp³-hybridized carbons (Fsp3) is 0.200. The van der Waals surface area contributed by atoms with Crippen molar-refractivity contribution in [3.63, 3.8) is 0 Å². The molecule has 0 aromatic carbocycles. The molecule has 0 radical (unpaired) electrons. The lowest BCUT2D eigenvalue weighted by molar-refractivity contribution is 0.0932. The second-order valence-electron chi connectivity index (χ2n) is 5.11. The Balaban J connectivity index is 2.15. The highest BCUT2D eigenvalue weighted by Crippen LogP contribution is 2.24. The normalized spacial score (nSPS) is 11.1. The Labute approximate surface area is 132 Å². The van der Waals surface area contributed by atoms with Crippen molar-refractivity contribution in [3.8, 4) is 11.3 Å². The molecule has 7 heteroatoms. The van der Waals surface area contributed by atoms with Gasteiger partial charge in [0.15, 0.2) is 0 Å². The van der Waals surface area contributed by atoms with E-state index in [1.54, 1.807) is 35.3 Å². The SMILES string of the molecule is CC(C)NC(=O)c1nc(-c2ccc(Cl)nc2)c2cnccn12. The van der Waals surface area contributed by atoms with Crippen LogP contribution in [0.5, 0.6) is 0 Å². The lowest BCUT2D eigenvalue weighted by Gasteiger charge is -2.06. The smallest absolute Gasteiger partial charge is 0.287 e. The molecule has 0 aliphatic heterocycles. The molecule has 0 atom stereocenters. The number of nitrogens with zero attached hydrogens (tertiary/aromatic N) is 4. The molecule has 0 aliphatic rings. The molecule has 0 saturated heterocycles. The van der Waals surface area contributed by atoms with Crippen LogP contribution in [0.4, 0.5) is 0 Å². The lowest BCUT2D eigenvalue weighted by Crippen LogP contribution is -2.31. The van der Waals surface area contributed by atoms with Gasteiger partial charge in [-0.1, -0.05) is 11.6 Å². The summed E-state index contributed by atoms with van der Waals surface area (Å²) in [6, 6.07) is 3.53. The number of hydrogen-bond donors (Lipinski definition) is 1. The number of carbonyl (C=O) groups excluding carboxylic acids is 1. The molecule has 6 nitrogen and oxygen atoms in total. The second-order valence-corrected chi connectivity index (χ2v) is 5.50. The van der Waals surface area contributed by atoms with Crippen molar-refractivity contribution < 1.29 is 4.79 Å². The molecule has 3 aromatic rings. The van der Waals surface area contributed by atoms with Gasteiger partial charge in [-0.3, -0.25) is 14.2 Å². The first-order chi connectivity index (χ1) is 10.6. The van der Waals surface area contributed by atoms with Crippen LogP contribution in [-0.2, 0) is 0 Å². The van der Waals surface area contributed by atoms with E-state index in [1.165, 1.54) is 0 Å². The van der Waals surface area contributed by atoms with Crippen LogP contribution in [0.1, 0.15) is 24.5 Å². The standard InChI is InChI=1S/C15H14ClN5O/c1-9(2)19-15(22)14-20-13(10-3-4-12(16)18-7-10)11-8-17-5-6-21(11)14/h3-9H,1-2H3,(H,19,22). The Kier molecular flexibility index (Phi) is 3.77. The first kappa shape index (κ1) is 14.5. The summed E-state index contributed by atoms with van der Waals surface area (Å²) in [5.41, 5.74) is 2.16. The van der Waals surface area contributed by atoms with Gasteiger partial charge in [0.05, 0.1) is 11.7 Å². The van der Waals surface area contributed by atoms with Gasteiger partial charge in [-0.2, -0.15) is 0 Å². The average Bonchev–Trinajstić information content (AvgIpc) is 2.87. The lowest BCUT2D eigenvalue weighted by atomic mass is 10.2. The zero-order chi connectivity index (χ0) is 15.7. The fourth-order valence-corrected chi connectivity index (χ4v) is 2.27. The van der Waals surface area contributed by atoms with E-state index in [4.69, 9.17) is 11.6 Å². The minimum atomic E-state index is -0.232. The summed E-state index contributed by atoms with van der Waals surface area (Å²) in [5, 5.41) is 3.25. The molecule has 0 aliphatic carbocycles. The number of carbonyl (C=O) groups is 1. The van der Waals surface area contributed by atoms with Gasteiger partial charge >= 0.3 is 0 Å². The van der Waals surface area contributed by atoms with Crippen molar-refractivity contribution >= 4 is 23.0 Å². The zero-order valence-electron chi connectivity index (χ0n) is 12.1. The van der Waals surface area contributed by atoms with Crippen molar-refractivity contribution in [2.45, 2.75) is 19.9 Å². The summed E-state index contributed by atoms with van der Waals surface area (Å²) in [6.45, 7) is 3.80. The minimum Gasteiger partial charge on any atom is -0.347 e. The van der Waals surface area contributed by atoms with Crippen LogP contribution >= 0.6 is 11.6 Å². The molecule has 112 valence electrons. The van der Waals surface area contributed by atoms with E-state index in [1.807, 2.05) is 19.9 Å². The average molecular weight is 316 g/mol. The van der Waals surface area contributed by atoms with E-state index in [-0.39, 0.29) is 11.9 Å². The molecule has 0 bridgehead atoms. The van der Waals surface area contributed by atoms with E-state index in [2.05, 4.69) is 20.3 Å². The summed E-state index contributed by atoms with van der Waals surface area (Å²) in [6.07, 6.45) is 6.63. The summed E-state index contributed by atoms with van der Waals surface area (Å²) in [5.74, 6) is 0.0837. The van der Waals surface area contributed by atoms with E-state index in [0.29, 0.717) is 16.7 Å². The summed E-state index contributed by atoms with van der Waals surface area (Å²) in [4.78, 5) is 25.0. The molecular weight excluding hydrogens is 302 g/mol. The summed E-state index contributed by atoms with van der Waals surface area (Å²) < 4.78 is 1.72. The summed E-state index contributed by atoms with van der Waals surface area (Å²) in [7, 11) is 0. The monoisotopic (exact) mass is 315 g/mol. The number of hydrogen-bond acceptors (Lipinski definition) is 4. The zero-order valence-corrected chi connectivity index (χ0v) is 12.9. The Bertz CT molecular complexity index is 826. The first-order valence-corrected chi connectivity index (χ1v) is 7.19. The molecule has 1 N–H and O–H groups in total. The third kappa shape index (κ3) is 2.65. The maximum atomic E-state index is 12.3. The Morgan fingerprint density at radius 3 is 2.82 bits per heavy atom. The molecule has 3 rings (SSSR count). The number of nitrogens with one attached hydrogen (secondary N) is 1. The predicted octanol–water partition coefficient (Wildman–Crippen LogP) is 2.58. The molecule has 0 fully saturated rings. The van der Waals surface area contributed by atoms with Crippen LogP contribution < -0.4 is 5.32 Å². The van der Waals surface area contributed by atoms with Crippen molar-refractivity contribution in [2.75, 3.05) is 0 Å². The number of pyridine rings is 1. The first-order valence-electron chi connectivity index (χ1n) is 6.81. The number of halogens is 1. The van der Waals surface area contributed by atoms with E-state index < -0.39 is 0 Å². The third-order valence-corrected chi connectivity index (χ3v) is 3.29. The topological polar surface area (TPSA) is 72.2 Å². The molecule has 0 spiro atoms. The number of aromatic nitrogens is 4. The predicted molar refractivity (Wildman–Crippen MR) is 83.8 cm³/mol. The van der Waals surface area contributed by atoms with Crippen LogP contribution in [0, 0.1) is 0 Å². The van der Waals surface area contributed by atoms with Gasteiger partial charge in [-0.25, -0.2) is 9.97 Å². The highest BCUT2D eigenvalue weighted by atomic mass is 35.5. The fourth-order valence-electron chi connectivity index (χ4n) is 2.15. The maximum Gasteiger partial charge on any atom is 0.287 e. The molecule has 22 heavy (non-hydrogen) atoms. The Morgan fingerprint density at radius 1 is 1.32 bits per heavy atom. The van der Waals surface area contributed by atoms with E-state index >= 15 is 0 Å². The van der Waals surface area contributed by atoms with Crippen LogP contribution in [0.2, 0.25) is 5.15 Å². The second kappa shape index (κ2) is 5.73. The van der Waals surface area contributed by atoms with Crippen molar-refractivity contribution in [2.24, 2.45) is 0 Å². The van der Waals surface area contributed by atoms with Crippen LogP contribution in [0.15, 0.2) is 36.9 Å². The van der Waals surface area contributed by atoms with E-state index in [9.17, 15) is 4.79 Å². The quantitative estimate of drug-likeness (QED) is 0.754. The number of fused-ring (bicyclic) bond motifs is 1. The summed E-state index contributed by atoms with van der Waals surface area (Å²) >= 11 is 5.82. The van der Waals surface area contributed by atoms with Crippen LogP contribution in [-0.4, -0.2) is 31.3 Å². The largest absolute Gasteiger partial charge is 0.347 e. The molecular formula is C15H14ClN5O. The van der Waals surface area contributed by atoms with Crippen LogP contribution in [0.25, 0.3) is 16.8 Å². The van der Waals surface area contributed by atoms with Gasteiger partial charge in [0.2, 0.25) is 5.82 Å². The highest BCUT2D eigenvalue weighted by molar-refractivity contribution is 6.29. The van der Waals surface area contributed by atoms with Gasteiger partial charge in [-0.05, 0) is 26.0 Å². The minimum absolute atomic E-state index is 0.0299. The van der Waals surface area contributed by atoms with Crippen molar-refractivity contribution in [1.82, 2.24) is 24.7 Å². The van der Waals surface area contributed by atoms with Gasteiger partial charge in [0.25, 0.3) is 5.91 Å². The maximum absolute atomic E-state index is 12.3. The number of imidazole rings is 1. The number of rotatable bonds is 3.